The van der Waals surface area contributed by atoms with E-state index in [1.165, 1.54) is 28.1 Å². The van der Waals surface area contributed by atoms with Crippen molar-refractivity contribution in [3.05, 3.63) is 0 Å². The Morgan fingerprint density at radius 2 is 1.56 bits per heavy atom. The van der Waals surface area contributed by atoms with Crippen LogP contribution in [0.5, 0.6) is 0 Å². The maximum atomic E-state index is 11.3. The number of hydrogen-bond donors (Lipinski definition) is 0. The molecule has 5 nitrogen and oxygen atoms in total. The van der Waals surface area contributed by atoms with E-state index in [2.05, 4.69) is 0 Å². The predicted octanol–water partition coefficient (Wildman–Crippen LogP) is 1.19. The molecule has 0 radical (unpaired) electrons. The zero-order valence-electron chi connectivity index (χ0n) is 10.5. The molecule has 0 aromatic carbocycles. The molecule has 0 rings (SSSR count). The van der Waals surface area contributed by atoms with Gasteiger partial charge in [-0.05, 0) is 13.8 Å². The van der Waals surface area contributed by atoms with Crippen molar-refractivity contribution in [1.29, 1.82) is 0 Å². The molecule has 0 bridgehead atoms. The number of carbonyl (C=O) groups excluding carboxylic acids is 2. The first-order valence-electron chi connectivity index (χ1n) is 5.21. The minimum atomic E-state index is -2.87. The molecular weight excluding hydrogens is 228 g/mol. The van der Waals surface area contributed by atoms with Crippen molar-refractivity contribution in [2.24, 2.45) is 0 Å². The molecule has 0 aromatic heterocycles. The van der Waals surface area contributed by atoms with Crippen molar-refractivity contribution in [2.45, 2.75) is 39.3 Å². The quantitative estimate of drug-likeness (QED) is 0.477. The van der Waals surface area contributed by atoms with Crippen LogP contribution in [0.4, 0.5) is 0 Å². The fourth-order valence-corrected chi connectivity index (χ4v) is 3.57. The Balaban J connectivity index is 4.82. The Bertz CT molecular complexity index is 236. The van der Waals surface area contributed by atoms with E-state index in [9.17, 15) is 9.59 Å². The van der Waals surface area contributed by atoms with Gasteiger partial charge in [0.15, 0.2) is 17.7 Å². The normalized spacial score (nSPS) is 11.9. The van der Waals surface area contributed by atoms with Crippen LogP contribution in [0.3, 0.4) is 0 Å². The third-order valence-corrected chi connectivity index (χ3v) is 5.17. The zero-order chi connectivity index (χ0) is 12.8. The SMILES string of the molecule is CCC[Si](OC)(OC)OC(C(C)=O)C(C)=O. The molecule has 0 amide bonds. The summed E-state index contributed by atoms with van der Waals surface area (Å²) in [5.74, 6) is -0.649. The molecule has 6 heteroatoms. The second-order valence-corrected chi connectivity index (χ2v) is 6.48. The molecule has 0 unspecified atom stereocenters. The van der Waals surface area contributed by atoms with Crippen LogP contribution >= 0.6 is 0 Å². The van der Waals surface area contributed by atoms with Crippen LogP contribution in [-0.4, -0.2) is 40.7 Å². The highest BCUT2D eigenvalue weighted by Gasteiger charge is 2.42. The highest BCUT2D eigenvalue weighted by molar-refractivity contribution is 6.61. The third-order valence-electron chi connectivity index (χ3n) is 2.21. The summed E-state index contributed by atoms with van der Waals surface area (Å²) in [7, 11) is 0.0761. The summed E-state index contributed by atoms with van der Waals surface area (Å²) in [5.41, 5.74) is 0. The first-order valence-corrected chi connectivity index (χ1v) is 7.14. The third kappa shape index (κ3) is 4.13. The van der Waals surface area contributed by atoms with Crippen LogP contribution in [0.1, 0.15) is 27.2 Å². The molecule has 0 aliphatic heterocycles. The second-order valence-electron chi connectivity index (χ2n) is 3.56. The molecule has 0 atom stereocenters. The van der Waals surface area contributed by atoms with Gasteiger partial charge in [0.05, 0.1) is 0 Å². The van der Waals surface area contributed by atoms with Gasteiger partial charge in [-0.1, -0.05) is 13.3 Å². The molecular formula is C10H20O5Si. The molecule has 0 saturated carbocycles. The minimum Gasteiger partial charge on any atom is -0.377 e. The van der Waals surface area contributed by atoms with Crippen molar-refractivity contribution in [3.8, 4) is 0 Å². The van der Waals surface area contributed by atoms with Crippen LogP contribution in [0.25, 0.3) is 0 Å². The van der Waals surface area contributed by atoms with E-state index in [1.807, 2.05) is 6.92 Å². The van der Waals surface area contributed by atoms with Crippen molar-refractivity contribution < 1.29 is 22.9 Å². The van der Waals surface area contributed by atoms with Gasteiger partial charge in [0, 0.05) is 20.3 Å². The molecule has 0 fully saturated rings. The summed E-state index contributed by atoms with van der Waals surface area (Å²) in [4.78, 5) is 22.5. The van der Waals surface area contributed by atoms with E-state index in [0.717, 1.165) is 6.42 Å². The number of rotatable bonds is 8. The summed E-state index contributed by atoms with van der Waals surface area (Å²) in [6, 6.07) is 0.580. The second kappa shape index (κ2) is 6.90. The van der Waals surface area contributed by atoms with Gasteiger partial charge in [0.25, 0.3) is 0 Å². The predicted molar refractivity (Wildman–Crippen MR) is 61.1 cm³/mol. The highest BCUT2D eigenvalue weighted by atomic mass is 28.4. The van der Waals surface area contributed by atoms with Gasteiger partial charge in [-0.15, -0.1) is 0 Å². The molecule has 0 saturated heterocycles. The van der Waals surface area contributed by atoms with Crippen LogP contribution in [0, 0.1) is 0 Å². The highest BCUT2D eigenvalue weighted by Crippen LogP contribution is 2.18. The largest absolute Gasteiger partial charge is 0.501 e. The van der Waals surface area contributed by atoms with Crippen molar-refractivity contribution >= 4 is 20.4 Å². The van der Waals surface area contributed by atoms with E-state index in [0.29, 0.717) is 6.04 Å². The number of ketones is 2. The fourth-order valence-electron chi connectivity index (χ4n) is 1.38. The van der Waals surface area contributed by atoms with Gasteiger partial charge >= 0.3 is 8.80 Å². The van der Waals surface area contributed by atoms with Gasteiger partial charge in [0.1, 0.15) is 0 Å². The minimum absolute atomic E-state index is 0.324. The lowest BCUT2D eigenvalue weighted by atomic mass is 10.2. The Morgan fingerprint density at radius 3 is 1.81 bits per heavy atom. The summed E-state index contributed by atoms with van der Waals surface area (Å²) >= 11 is 0. The van der Waals surface area contributed by atoms with Gasteiger partial charge in [0.2, 0.25) is 0 Å². The molecule has 0 aliphatic carbocycles. The Morgan fingerprint density at radius 1 is 1.12 bits per heavy atom. The monoisotopic (exact) mass is 248 g/mol. The van der Waals surface area contributed by atoms with Gasteiger partial charge < -0.3 is 13.3 Å². The lowest BCUT2D eigenvalue weighted by Gasteiger charge is -2.28. The maximum Gasteiger partial charge on any atom is 0.501 e. The summed E-state index contributed by atoms with van der Waals surface area (Å²) in [5, 5.41) is 0. The Labute approximate surface area is 97.4 Å². The average Bonchev–Trinajstić information content (AvgIpc) is 2.23. The molecule has 0 heterocycles. The molecule has 94 valence electrons. The van der Waals surface area contributed by atoms with Crippen LogP contribution in [0.2, 0.25) is 6.04 Å². The van der Waals surface area contributed by atoms with Crippen LogP contribution < -0.4 is 0 Å². The average molecular weight is 248 g/mol. The number of hydrogen-bond acceptors (Lipinski definition) is 5. The van der Waals surface area contributed by atoms with Crippen molar-refractivity contribution in [2.75, 3.05) is 14.2 Å². The lowest BCUT2D eigenvalue weighted by Crippen LogP contribution is -2.50. The van der Waals surface area contributed by atoms with Crippen LogP contribution in [0.15, 0.2) is 0 Å². The molecule has 0 aromatic rings. The van der Waals surface area contributed by atoms with Crippen molar-refractivity contribution in [3.63, 3.8) is 0 Å². The number of carbonyl (C=O) groups is 2. The summed E-state index contributed by atoms with van der Waals surface area (Å²) in [6.45, 7) is 4.60. The van der Waals surface area contributed by atoms with Gasteiger partial charge in [-0.25, -0.2) is 0 Å². The fraction of sp³-hybridized carbons (Fsp3) is 0.800. The lowest BCUT2D eigenvalue weighted by molar-refractivity contribution is -0.137. The molecule has 0 aliphatic rings. The topological polar surface area (TPSA) is 61.8 Å². The van der Waals surface area contributed by atoms with Crippen molar-refractivity contribution in [1.82, 2.24) is 0 Å². The first kappa shape index (κ1) is 15.4. The molecule has 0 N–H and O–H groups in total. The van der Waals surface area contributed by atoms with E-state index < -0.39 is 14.9 Å². The van der Waals surface area contributed by atoms with Gasteiger partial charge in [-0.2, -0.15) is 0 Å². The molecule has 16 heavy (non-hydrogen) atoms. The van der Waals surface area contributed by atoms with Crippen LogP contribution in [-0.2, 0) is 22.9 Å². The van der Waals surface area contributed by atoms with E-state index >= 15 is 0 Å². The van der Waals surface area contributed by atoms with E-state index in [4.69, 9.17) is 13.3 Å². The van der Waals surface area contributed by atoms with E-state index in [-0.39, 0.29) is 11.6 Å². The standard InChI is InChI=1S/C10H20O5Si/c1-6-7-16(13-4,14-5)15-10(8(2)11)9(3)12/h10H,6-7H2,1-5H3. The molecule has 0 spiro atoms. The Kier molecular flexibility index (Phi) is 6.66. The summed E-state index contributed by atoms with van der Waals surface area (Å²) in [6.07, 6.45) is -0.269. The van der Waals surface area contributed by atoms with Gasteiger partial charge in [-0.3, -0.25) is 9.59 Å². The Hall–Kier alpha value is -0.563. The maximum absolute atomic E-state index is 11.3. The smallest absolute Gasteiger partial charge is 0.377 e. The summed E-state index contributed by atoms with van der Waals surface area (Å²) < 4.78 is 16.0. The zero-order valence-corrected chi connectivity index (χ0v) is 11.5. The first-order chi connectivity index (χ1) is 7.42. The van der Waals surface area contributed by atoms with E-state index in [1.54, 1.807) is 0 Å². The number of Topliss-reactive ketones (excluding diaryl/α,β-unsaturated/α-hetero) is 2.